The fourth-order valence-electron chi connectivity index (χ4n) is 2.82. The molecule has 0 radical (unpaired) electrons. The minimum atomic E-state index is -0.525. The van der Waals surface area contributed by atoms with Crippen LogP contribution in [0.15, 0.2) is 24.4 Å². The molecule has 4 nitrogen and oxygen atoms in total. The Morgan fingerprint density at radius 1 is 1.37 bits per heavy atom. The van der Waals surface area contributed by atoms with Crippen LogP contribution < -0.4 is 5.32 Å². The molecule has 19 heavy (non-hydrogen) atoms. The van der Waals surface area contributed by atoms with E-state index in [2.05, 4.69) is 16.4 Å². The summed E-state index contributed by atoms with van der Waals surface area (Å²) in [5.74, 6) is 0. The van der Waals surface area contributed by atoms with E-state index < -0.39 is 6.10 Å². The molecule has 1 fully saturated rings. The maximum Gasteiger partial charge on any atom is 0.0991 e. The second-order valence-electron chi connectivity index (χ2n) is 5.12. The van der Waals surface area contributed by atoms with Crippen LogP contribution in [0.2, 0.25) is 0 Å². The van der Waals surface area contributed by atoms with Crippen LogP contribution >= 0.6 is 0 Å². The lowest BCUT2D eigenvalue weighted by Crippen LogP contribution is -2.38. The van der Waals surface area contributed by atoms with Crippen LogP contribution in [-0.4, -0.2) is 22.7 Å². The molecule has 98 valence electrons. The highest BCUT2D eigenvalue weighted by molar-refractivity contribution is 5.85. The molecule has 3 rings (SSSR count). The fraction of sp³-hybridized carbons (Fsp3) is 0.400. The SMILES string of the molecule is N#Cc1ccc2[nH]cc(C(O)C3CCCCN3)c2c1. The molecule has 4 heteroatoms. The zero-order chi connectivity index (χ0) is 13.2. The number of aliphatic hydroxyl groups is 1. The molecule has 0 saturated carbocycles. The second-order valence-corrected chi connectivity index (χ2v) is 5.12. The number of aromatic amines is 1. The third-order valence-electron chi connectivity index (χ3n) is 3.89. The van der Waals surface area contributed by atoms with Crippen LogP contribution in [0, 0.1) is 11.3 Å². The van der Waals surface area contributed by atoms with Gasteiger partial charge in [0, 0.05) is 28.7 Å². The Hall–Kier alpha value is -1.83. The summed E-state index contributed by atoms with van der Waals surface area (Å²) < 4.78 is 0. The van der Waals surface area contributed by atoms with Crippen LogP contribution in [0.4, 0.5) is 0 Å². The van der Waals surface area contributed by atoms with E-state index in [0.29, 0.717) is 5.56 Å². The van der Waals surface area contributed by atoms with Crippen molar-refractivity contribution in [3.63, 3.8) is 0 Å². The first kappa shape index (κ1) is 12.2. The molecule has 2 aromatic rings. The summed E-state index contributed by atoms with van der Waals surface area (Å²) in [6.45, 7) is 0.966. The summed E-state index contributed by atoms with van der Waals surface area (Å²) in [5, 5.41) is 23.8. The van der Waals surface area contributed by atoms with Crippen molar-refractivity contribution in [2.45, 2.75) is 31.4 Å². The Labute approximate surface area is 112 Å². The number of aliphatic hydroxyl groups excluding tert-OH is 1. The zero-order valence-corrected chi connectivity index (χ0v) is 10.7. The summed E-state index contributed by atoms with van der Waals surface area (Å²) in [6.07, 6.45) is 4.65. The average molecular weight is 255 g/mol. The number of nitrogens with one attached hydrogen (secondary N) is 2. The van der Waals surface area contributed by atoms with Gasteiger partial charge in [-0.15, -0.1) is 0 Å². The number of rotatable bonds is 2. The van der Waals surface area contributed by atoms with E-state index in [0.717, 1.165) is 35.9 Å². The molecule has 0 aliphatic carbocycles. The van der Waals surface area contributed by atoms with Gasteiger partial charge < -0.3 is 15.4 Å². The third kappa shape index (κ3) is 2.23. The highest BCUT2D eigenvalue weighted by Gasteiger charge is 2.24. The van der Waals surface area contributed by atoms with Crippen LogP contribution in [0.5, 0.6) is 0 Å². The molecule has 1 aromatic carbocycles. The van der Waals surface area contributed by atoms with Crippen molar-refractivity contribution in [2.24, 2.45) is 0 Å². The minimum Gasteiger partial charge on any atom is -0.387 e. The van der Waals surface area contributed by atoms with Gasteiger partial charge in [0.25, 0.3) is 0 Å². The number of nitriles is 1. The van der Waals surface area contributed by atoms with Crippen molar-refractivity contribution in [2.75, 3.05) is 6.54 Å². The zero-order valence-electron chi connectivity index (χ0n) is 10.7. The Morgan fingerprint density at radius 2 is 2.26 bits per heavy atom. The molecule has 2 heterocycles. The van der Waals surface area contributed by atoms with Gasteiger partial charge in [0.15, 0.2) is 0 Å². The molecular weight excluding hydrogens is 238 g/mol. The lowest BCUT2D eigenvalue weighted by atomic mass is 9.94. The lowest BCUT2D eigenvalue weighted by molar-refractivity contribution is 0.115. The summed E-state index contributed by atoms with van der Waals surface area (Å²) in [7, 11) is 0. The van der Waals surface area contributed by atoms with Crippen molar-refractivity contribution >= 4 is 10.9 Å². The number of piperidine rings is 1. The van der Waals surface area contributed by atoms with E-state index in [9.17, 15) is 5.11 Å². The Bertz CT molecular complexity index is 620. The van der Waals surface area contributed by atoms with Gasteiger partial charge in [0.2, 0.25) is 0 Å². The predicted octanol–water partition coefficient (Wildman–Crippen LogP) is 2.22. The van der Waals surface area contributed by atoms with Gasteiger partial charge >= 0.3 is 0 Å². The molecule has 0 spiro atoms. The maximum atomic E-state index is 10.5. The largest absolute Gasteiger partial charge is 0.387 e. The molecule has 1 aliphatic rings. The van der Waals surface area contributed by atoms with Crippen molar-refractivity contribution in [3.8, 4) is 6.07 Å². The van der Waals surface area contributed by atoms with E-state index >= 15 is 0 Å². The summed E-state index contributed by atoms with van der Waals surface area (Å²) in [6, 6.07) is 7.77. The van der Waals surface area contributed by atoms with Gasteiger partial charge in [-0.1, -0.05) is 6.42 Å². The monoisotopic (exact) mass is 255 g/mol. The van der Waals surface area contributed by atoms with Crippen LogP contribution in [0.1, 0.15) is 36.5 Å². The first-order valence-electron chi connectivity index (χ1n) is 6.72. The van der Waals surface area contributed by atoms with Crippen LogP contribution in [-0.2, 0) is 0 Å². The van der Waals surface area contributed by atoms with Crippen molar-refractivity contribution in [1.29, 1.82) is 5.26 Å². The van der Waals surface area contributed by atoms with E-state index in [4.69, 9.17) is 5.26 Å². The Kier molecular flexibility index (Phi) is 3.24. The van der Waals surface area contributed by atoms with Gasteiger partial charge in [-0.25, -0.2) is 0 Å². The number of H-pyrrole nitrogens is 1. The standard InChI is InChI=1S/C15H17N3O/c16-8-10-4-5-13-11(7-10)12(9-18-13)15(19)14-3-1-2-6-17-14/h4-5,7,9,14-15,17-19H,1-3,6H2. The second kappa shape index (κ2) is 5.04. The molecule has 1 aliphatic heterocycles. The van der Waals surface area contributed by atoms with Gasteiger partial charge in [-0.05, 0) is 37.6 Å². The lowest BCUT2D eigenvalue weighted by Gasteiger charge is -2.27. The summed E-state index contributed by atoms with van der Waals surface area (Å²) in [4.78, 5) is 3.16. The number of benzene rings is 1. The summed E-state index contributed by atoms with van der Waals surface area (Å²) in [5.41, 5.74) is 2.47. The quantitative estimate of drug-likeness (QED) is 0.770. The summed E-state index contributed by atoms with van der Waals surface area (Å²) >= 11 is 0. The Balaban J connectivity index is 1.97. The molecule has 0 bridgehead atoms. The van der Waals surface area contributed by atoms with Gasteiger partial charge in [-0.2, -0.15) is 5.26 Å². The van der Waals surface area contributed by atoms with Crippen molar-refractivity contribution < 1.29 is 5.11 Å². The van der Waals surface area contributed by atoms with Gasteiger partial charge in [0.05, 0.1) is 17.7 Å². The van der Waals surface area contributed by atoms with Crippen molar-refractivity contribution in [3.05, 3.63) is 35.5 Å². The van der Waals surface area contributed by atoms with Gasteiger partial charge in [0.1, 0.15) is 0 Å². The molecule has 1 aromatic heterocycles. The molecule has 2 atom stereocenters. The topological polar surface area (TPSA) is 71.8 Å². The molecular formula is C15H17N3O. The molecule has 3 N–H and O–H groups in total. The van der Waals surface area contributed by atoms with E-state index in [1.54, 1.807) is 6.07 Å². The average Bonchev–Trinajstić information content (AvgIpc) is 2.90. The van der Waals surface area contributed by atoms with E-state index in [1.165, 1.54) is 6.42 Å². The number of fused-ring (bicyclic) bond motifs is 1. The van der Waals surface area contributed by atoms with Crippen molar-refractivity contribution in [1.82, 2.24) is 10.3 Å². The molecule has 1 saturated heterocycles. The molecule has 2 unspecified atom stereocenters. The van der Waals surface area contributed by atoms with E-state index in [-0.39, 0.29) is 6.04 Å². The first-order chi connectivity index (χ1) is 9.29. The predicted molar refractivity (Wildman–Crippen MR) is 73.6 cm³/mol. The molecule has 0 amide bonds. The third-order valence-corrected chi connectivity index (χ3v) is 3.89. The minimum absolute atomic E-state index is 0.110. The highest BCUT2D eigenvalue weighted by Crippen LogP contribution is 2.29. The van der Waals surface area contributed by atoms with Crippen LogP contribution in [0.25, 0.3) is 10.9 Å². The first-order valence-corrected chi connectivity index (χ1v) is 6.72. The smallest absolute Gasteiger partial charge is 0.0991 e. The highest BCUT2D eigenvalue weighted by atomic mass is 16.3. The number of hydrogen-bond donors (Lipinski definition) is 3. The van der Waals surface area contributed by atoms with Gasteiger partial charge in [-0.3, -0.25) is 0 Å². The van der Waals surface area contributed by atoms with Crippen LogP contribution in [0.3, 0.4) is 0 Å². The number of hydrogen-bond acceptors (Lipinski definition) is 3. The Morgan fingerprint density at radius 3 is 3.00 bits per heavy atom. The fourth-order valence-corrected chi connectivity index (χ4v) is 2.82. The van der Waals surface area contributed by atoms with E-state index in [1.807, 2.05) is 18.3 Å². The number of aromatic nitrogens is 1. The number of nitrogens with zero attached hydrogens (tertiary/aromatic N) is 1. The maximum absolute atomic E-state index is 10.5. The normalized spacial score (nSPS) is 21.2.